The summed E-state index contributed by atoms with van der Waals surface area (Å²) < 4.78 is 0.886. The fraction of sp³-hybridized carbons (Fsp3) is 0.556. The van der Waals surface area contributed by atoms with Crippen molar-refractivity contribution in [3.05, 3.63) is 28.7 Å². The van der Waals surface area contributed by atoms with Crippen LogP contribution in [0.1, 0.15) is 45.4 Å². The van der Waals surface area contributed by atoms with Crippen molar-refractivity contribution in [2.24, 2.45) is 11.8 Å². The molecule has 1 aliphatic carbocycles. The Morgan fingerprint density at radius 3 is 2.30 bits per heavy atom. The molecule has 0 spiro atoms. The number of anilines is 1. The van der Waals surface area contributed by atoms with E-state index in [1.165, 1.54) is 0 Å². The molecule has 1 saturated carbocycles. The Labute approximate surface area is 146 Å². The first-order valence-corrected chi connectivity index (χ1v) is 9.24. The Bertz CT molecular complexity index is 540. The Morgan fingerprint density at radius 2 is 1.70 bits per heavy atom. The summed E-state index contributed by atoms with van der Waals surface area (Å²) in [5, 5.41) is 5.98. The van der Waals surface area contributed by atoms with E-state index in [9.17, 15) is 9.59 Å². The van der Waals surface area contributed by atoms with Gasteiger partial charge in [-0.25, -0.2) is 0 Å². The minimum absolute atomic E-state index is 0.00166. The van der Waals surface area contributed by atoms with Crippen molar-refractivity contribution < 1.29 is 9.59 Å². The molecule has 5 heteroatoms. The van der Waals surface area contributed by atoms with Crippen LogP contribution >= 0.6 is 15.9 Å². The minimum Gasteiger partial charge on any atom is -0.356 e. The van der Waals surface area contributed by atoms with E-state index in [-0.39, 0.29) is 23.7 Å². The Kier molecular flexibility index (Phi) is 7.09. The van der Waals surface area contributed by atoms with Crippen molar-refractivity contribution >= 4 is 33.4 Å². The van der Waals surface area contributed by atoms with Gasteiger partial charge in [-0.3, -0.25) is 9.59 Å². The first-order valence-electron chi connectivity index (χ1n) is 8.45. The second kappa shape index (κ2) is 9.06. The number of carbonyl (C=O) groups excluding carboxylic acids is 2. The number of carbonyl (C=O) groups is 2. The molecule has 0 radical (unpaired) electrons. The molecule has 1 aromatic rings. The monoisotopic (exact) mass is 380 g/mol. The molecule has 4 nitrogen and oxygen atoms in total. The highest BCUT2D eigenvalue weighted by atomic mass is 79.9. The minimum atomic E-state index is 0.00166. The molecule has 2 amide bonds. The van der Waals surface area contributed by atoms with Crippen molar-refractivity contribution in [1.82, 2.24) is 5.32 Å². The Morgan fingerprint density at radius 1 is 1.09 bits per heavy atom. The highest BCUT2D eigenvalue weighted by molar-refractivity contribution is 9.10. The van der Waals surface area contributed by atoms with Gasteiger partial charge in [0.1, 0.15) is 0 Å². The Balaban J connectivity index is 1.78. The lowest BCUT2D eigenvalue weighted by Gasteiger charge is -2.27. The van der Waals surface area contributed by atoms with E-state index in [0.29, 0.717) is 0 Å². The number of rotatable bonds is 6. The third-order valence-electron chi connectivity index (χ3n) is 4.43. The van der Waals surface area contributed by atoms with E-state index >= 15 is 0 Å². The average Bonchev–Trinajstić information content (AvgIpc) is 2.57. The summed E-state index contributed by atoms with van der Waals surface area (Å²) >= 11 is 3.44. The summed E-state index contributed by atoms with van der Waals surface area (Å²) in [4.78, 5) is 24.4. The maximum atomic E-state index is 12.4. The quantitative estimate of drug-likeness (QED) is 0.729. The van der Waals surface area contributed by atoms with Gasteiger partial charge in [0, 0.05) is 22.9 Å². The van der Waals surface area contributed by atoms with Crippen LogP contribution in [-0.4, -0.2) is 18.4 Å². The average molecular weight is 381 g/mol. The fourth-order valence-corrected chi connectivity index (χ4v) is 3.33. The number of hydrogen-bond donors (Lipinski definition) is 2. The largest absolute Gasteiger partial charge is 0.356 e. The summed E-state index contributed by atoms with van der Waals surface area (Å²) in [5.74, 6) is 0.283. The van der Waals surface area contributed by atoms with Crippen LogP contribution in [0, 0.1) is 11.8 Å². The van der Waals surface area contributed by atoms with Gasteiger partial charge in [-0.2, -0.15) is 0 Å². The van der Waals surface area contributed by atoms with Gasteiger partial charge < -0.3 is 10.6 Å². The normalized spacial score (nSPS) is 20.8. The third kappa shape index (κ3) is 5.34. The highest BCUT2D eigenvalue weighted by Crippen LogP contribution is 2.30. The second-order valence-corrected chi connectivity index (χ2v) is 7.02. The van der Waals surface area contributed by atoms with Crippen LogP contribution in [-0.2, 0) is 9.59 Å². The van der Waals surface area contributed by atoms with Gasteiger partial charge in [-0.15, -0.1) is 0 Å². The summed E-state index contributed by atoms with van der Waals surface area (Å²) in [6, 6.07) is 7.61. The standard InChI is InChI=1S/C18H25BrN2O2/c1-2-3-12-20-17(22)13-8-10-14(11-9-13)18(23)21-16-7-5-4-6-15(16)19/h4-7,13-14H,2-3,8-12H2,1H3,(H,20,22)(H,21,23). The molecule has 126 valence electrons. The number of para-hydroxylation sites is 1. The first kappa shape index (κ1) is 18.0. The van der Waals surface area contributed by atoms with Crippen molar-refractivity contribution in [1.29, 1.82) is 0 Å². The topological polar surface area (TPSA) is 58.2 Å². The van der Waals surface area contributed by atoms with Crippen LogP contribution in [0.2, 0.25) is 0 Å². The molecular formula is C18H25BrN2O2. The smallest absolute Gasteiger partial charge is 0.227 e. The van der Waals surface area contributed by atoms with Gasteiger partial charge in [-0.05, 0) is 60.2 Å². The predicted octanol–water partition coefficient (Wildman–Crippen LogP) is 4.11. The number of benzene rings is 1. The van der Waals surface area contributed by atoms with E-state index in [4.69, 9.17) is 0 Å². The number of amides is 2. The van der Waals surface area contributed by atoms with Crippen LogP contribution in [0.4, 0.5) is 5.69 Å². The number of nitrogens with one attached hydrogen (secondary N) is 2. The molecule has 0 atom stereocenters. The van der Waals surface area contributed by atoms with Crippen molar-refractivity contribution in [3.8, 4) is 0 Å². The molecule has 2 N–H and O–H groups in total. The molecule has 0 saturated heterocycles. The van der Waals surface area contributed by atoms with Crippen LogP contribution in [0.3, 0.4) is 0 Å². The second-order valence-electron chi connectivity index (χ2n) is 6.16. The highest BCUT2D eigenvalue weighted by Gasteiger charge is 2.29. The lowest BCUT2D eigenvalue weighted by Crippen LogP contribution is -2.35. The molecule has 2 rings (SSSR count). The predicted molar refractivity (Wildman–Crippen MR) is 96.1 cm³/mol. The van der Waals surface area contributed by atoms with Gasteiger partial charge >= 0.3 is 0 Å². The Hall–Kier alpha value is -1.36. The number of hydrogen-bond acceptors (Lipinski definition) is 2. The maximum Gasteiger partial charge on any atom is 0.227 e. The van der Waals surface area contributed by atoms with Crippen LogP contribution in [0.5, 0.6) is 0 Å². The molecule has 1 aromatic carbocycles. The van der Waals surface area contributed by atoms with E-state index < -0.39 is 0 Å². The van der Waals surface area contributed by atoms with Gasteiger partial charge in [0.2, 0.25) is 11.8 Å². The van der Waals surface area contributed by atoms with Gasteiger partial charge in [0.25, 0.3) is 0 Å². The first-order chi connectivity index (χ1) is 11.1. The molecule has 0 unspecified atom stereocenters. The molecule has 0 aliphatic heterocycles. The molecule has 0 aromatic heterocycles. The molecule has 1 aliphatic rings. The van der Waals surface area contributed by atoms with Crippen molar-refractivity contribution in [3.63, 3.8) is 0 Å². The molecule has 0 bridgehead atoms. The summed E-state index contributed by atoms with van der Waals surface area (Å²) in [7, 11) is 0. The van der Waals surface area contributed by atoms with Crippen LogP contribution < -0.4 is 10.6 Å². The summed E-state index contributed by atoms with van der Waals surface area (Å²) in [6.07, 6.45) is 5.26. The van der Waals surface area contributed by atoms with Crippen molar-refractivity contribution in [2.75, 3.05) is 11.9 Å². The molecule has 0 heterocycles. The SMILES string of the molecule is CCCCNC(=O)C1CCC(C(=O)Nc2ccccc2Br)CC1. The van der Waals surface area contributed by atoms with E-state index in [1.54, 1.807) is 0 Å². The summed E-state index contributed by atoms with van der Waals surface area (Å²) in [6.45, 7) is 2.87. The van der Waals surface area contributed by atoms with Gasteiger partial charge in [0.05, 0.1) is 5.69 Å². The number of unbranched alkanes of at least 4 members (excludes halogenated alkanes) is 1. The number of halogens is 1. The van der Waals surface area contributed by atoms with Gasteiger partial charge in [-0.1, -0.05) is 25.5 Å². The lowest BCUT2D eigenvalue weighted by atomic mass is 9.81. The zero-order valence-electron chi connectivity index (χ0n) is 13.6. The molecule has 1 fully saturated rings. The summed E-state index contributed by atoms with van der Waals surface area (Å²) in [5.41, 5.74) is 0.803. The van der Waals surface area contributed by atoms with E-state index in [2.05, 4.69) is 33.5 Å². The third-order valence-corrected chi connectivity index (χ3v) is 5.12. The molecular weight excluding hydrogens is 356 g/mol. The van der Waals surface area contributed by atoms with Crippen LogP contribution in [0.25, 0.3) is 0 Å². The van der Waals surface area contributed by atoms with E-state index in [0.717, 1.165) is 55.2 Å². The van der Waals surface area contributed by atoms with Gasteiger partial charge in [0.15, 0.2) is 0 Å². The maximum absolute atomic E-state index is 12.4. The lowest BCUT2D eigenvalue weighted by molar-refractivity contribution is -0.128. The zero-order valence-corrected chi connectivity index (χ0v) is 15.2. The van der Waals surface area contributed by atoms with E-state index in [1.807, 2.05) is 24.3 Å². The fourth-order valence-electron chi connectivity index (χ4n) is 2.95. The van der Waals surface area contributed by atoms with Crippen molar-refractivity contribution in [2.45, 2.75) is 45.4 Å². The van der Waals surface area contributed by atoms with Crippen LogP contribution in [0.15, 0.2) is 28.7 Å². The molecule has 23 heavy (non-hydrogen) atoms. The zero-order chi connectivity index (χ0) is 16.7.